The van der Waals surface area contributed by atoms with E-state index in [-0.39, 0.29) is 11.6 Å². The quantitative estimate of drug-likeness (QED) is 0.865. The number of carbonyl (C=O) groups excluding carboxylic acids is 1. The second kappa shape index (κ2) is 5.71. The summed E-state index contributed by atoms with van der Waals surface area (Å²) in [7, 11) is 0. The van der Waals surface area contributed by atoms with Crippen molar-refractivity contribution in [3.63, 3.8) is 0 Å². The predicted molar refractivity (Wildman–Crippen MR) is 80.1 cm³/mol. The van der Waals surface area contributed by atoms with E-state index in [0.717, 1.165) is 16.3 Å². The molecule has 1 heterocycles. The normalized spacial score (nSPS) is 10.7. The first-order valence-corrected chi connectivity index (χ1v) is 7.14. The number of nitrogens with one attached hydrogen (secondary N) is 1. The van der Waals surface area contributed by atoms with E-state index in [1.807, 2.05) is 19.1 Å². The molecule has 1 aromatic carbocycles. The number of hydrogen-bond acceptors (Lipinski definition) is 4. The number of halogens is 1. The first-order chi connectivity index (χ1) is 9.40. The van der Waals surface area contributed by atoms with Gasteiger partial charge in [0.25, 0.3) is 0 Å². The van der Waals surface area contributed by atoms with Crippen molar-refractivity contribution < 1.29 is 9.18 Å². The van der Waals surface area contributed by atoms with E-state index in [4.69, 9.17) is 0 Å². The molecule has 2 aromatic rings. The Labute approximate surface area is 122 Å². The van der Waals surface area contributed by atoms with Gasteiger partial charge in [-0.25, -0.2) is 4.39 Å². The average Bonchev–Trinajstić information content (AvgIpc) is 2.74. The molecule has 0 fully saturated rings. The molecule has 1 aromatic heterocycles. The maximum absolute atomic E-state index is 13.6. The van der Waals surface area contributed by atoms with Crippen LogP contribution < -0.4 is 5.32 Å². The lowest BCUT2D eigenvalue weighted by Crippen LogP contribution is -2.04. The van der Waals surface area contributed by atoms with E-state index in [2.05, 4.69) is 9.69 Å². The Hall–Kier alpha value is -1.75. The Balaban J connectivity index is 2.19. The van der Waals surface area contributed by atoms with Crippen LogP contribution in [0.4, 0.5) is 9.39 Å². The van der Waals surface area contributed by atoms with Crippen LogP contribution in [0.15, 0.2) is 12.1 Å². The molecular formula is C15H17FN2OS. The van der Waals surface area contributed by atoms with Crippen molar-refractivity contribution in [1.82, 2.24) is 4.37 Å². The minimum absolute atomic E-state index is 0.00483. The second-order valence-corrected chi connectivity index (χ2v) is 5.70. The molecule has 0 saturated heterocycles. The number of nitrogens with zero attached hydrogens (tertiary/aromatic N) is 1. The highest BCUT2D eigenvalue weighted by molar-refractivity contribution is 7.10. The standard InChI is InChI=1S/C15H17FN2OS/c1-8-5-12(6-9(2)14(8)16)7-17-15-13(11(4)19)10(3)18-20-15/h5-6,17H,7H2,1-4H3. The highest BCUT2D eigenvalue weighted by Gasteiger charge is 2.14. The maximum atomic E-state index is 13.6. The zero-order valence-electron chi connectivity index (χ0n) is 12.0. The van der Waals surface area contributed by atoms with E-state index < -0.39 is 0 Å². The minimum Gasteiger partial charge on any atom is -0.371 e. The molecule has 5 heteroatoms. The molecular weight excluding hydrogens is 275 g/mol. The van der Waals surface area contributed by atoms with Crippen LogP contribution in [0.3, 0.4) is 0 Å². The summed E-state index contributed by atoms with van der Waals surface area (Å²) in [5.74, 6) is -0.156. The lowest BCUT2D eigenvalue weighted by Gasteiger charge is -2.09. The van der Waals surface area contributed by atoms with Gasteiger partial charge in [-0.05, 0) is 55.9 Å². The van der Waals surface area contributed by atoms with Crippen LogP contribution in [0.5, 0.6) is 0 Å². The predicted octanol–water partition coefficient (Wildman–Crippen LogP) is 4.02. The van der Waals surface area contributed by atoms with Gasteiger partial charge in [0, 0.05) is 6.54 Å². The summed E-state index contributed by atoms with van der Waals surface area (Å²) in [6, 6.07) is 3.63. The third-order valence-corrected chi connectivity index (χ3v) is 4.06. The van der Waals surface area contributed by atoms with Crippen molar-refractivity contribution in [2.45, 2.75) is 34.2 Å². The number of benzene rings is 1. The van der Waals surface area contributed by atoms with E-state index in [1.54, 1.807) is 13.8 Å². The maximum Gasteiger partial charge on any atom is 0.164 e. The number of hydrogen-bond donors (Lipinski definition) is 1. The lowest BCUT2D eigenvalue weighted by atomic mass is 10.1. The molecule has 0 amide bonds. The fourth-order valence-corrected chi connectivity index (χ4v) is 3.06. The van der Waals surface area contributed by atoms with E-state index in [1.165, 1.54) is 18.5 Å². The topological polar surface area (TPSA) is 42.0 Å². The molecule has 0 spiro atoms. The lowest BCUT2D eigenvalue weighted by molar-refractivity contribution is 0.101. The van der Waals surface area contributed by atoms with Gasteiger partial charge in [-0.15, -0.1) is 0 Å². The number of anilines is 1. The van der Waals surface area contributed by atoms with Crippen LogP contribution >= 0.6 is 11.5 Å². The second-order valence-electron chi connectivity index (χ2n) is 4.93. The van der Waals surface area contributed by atoms with Crippen molar-refractivity contribution in [2.24, 2.45) is 0 Å². The van der Waals surface area contributed by atoms with Crippen LogP contribution in [0.25, 0.3) is 0 Å². The summed E-state index contributed by atoms with van der Waals surface area (Å²) in [4.78, 5) is 11.6. The highest BCUT2D eigenvalue weighted by Crippen LogP contribution is 2.26. The van der Waals surface area contributed by atoms with Crippen molar-refractivity contribution in [3.05, 3.63) is 45.9 Å². The molecule has 0 saturated carbocycles. The average molecular weight is 292 g/mol. The Morgan fingerprint density at radius 1 is 1.30 bits per heavy atom. The Morgan fingerprint density at radius 3 is 2.45 bits per heavy atom. The number of rotatable bonds is 4. The number of aromatic nitrogens is 1. The Bertz CT molecular complexity index is 641. The number of aryl methyl sites for hydroxylation is 3. The van der Waals surface area contributed by atoms with Crippen LogP contribution in [0, 0.1) is 26.6 Å². The van der Waals surface area contributed by atoms with Crippen molar-refractivity contribution in [3.8, 4) is 0 Å². The molecule has 2 rings (SSSR count). The Morgan fingerprint density at radius 2 is 1.90 bits per heavy atom. The number of Topliss-reactive ketones (excluding diaryl/α,β-unsaturated/α-hetero) is 1. The summed E-state index contributed by atoms with van der Waals surface area (Å²) in [5, 5.41) is 3.99. The van der Waals surface area contributed by atoms with Gasteiger partial charge >= 0.3 is 0 Å². The van der Waals surface area contributed by atoms with Crippen LogP contribution in [0.2, 0.25) is 0 Å². The third kappa shape index (κ3) is 2.88. The smallest absolute Gasteiger partial charge is 0.164 e. The number of carbonyl (C=O) groups is 1. The van der Waals surface area contributed by atoms with Crippen molar-refractivity contribution >= 4 is 22.3 Å². The highest BCUT2D eigenvalue weighted by atomic mass is 32.1. The summed E-state index contributed by atoms with van der Waals surface area (Å²) < 4.78 is 17.8. The van der Waals surface area contributed by atoms with E-state index in [0.29, 0.717) is 23.2 Å². The molecule has 0 bridgehead atoms. The molecule has 0 unspecified atom stereocenters. The third-order valence-electron chi connectivity index (χ3n) is 3.16. The van der Waals surface area contributed by atoms with E-state index >= 15 is 0 Å². The fourth-order valence-electron chi connectivity index (χ4n) is 2.22. The fraction of sp³-hybridized carbons (Fsp3) is 0.333. The Kier molecular flexibility index (Phi) is 4.18. The van der Waals surface area contributed by atoms with Crippen LogP contribution in [-0.2, 0) is 6.54 Å². The summed E-state index contributed by atoms with van der Waals surface area (Å²) >= 11 is 1.28. The molecule has 0 aliphatic heterocycles. The van der Waals surface area contributed by atoms with Gasteiger partial charge in [0.05, 0.1) is 11.3 Å². The zero-order chi connectivity index (χ0) is 14.9. The number of ketones is 1. The molecule has 0 radical (unpaired) electrons. The van der Waals surface area contributed by atoms with Gasteiger partial charge in [-0.3, -0.25) is 4.79 Å². The summed E-state index contributed by atoms with van der Waals surface area (Å²) in [5.41, 5.74) is 3.65. The van der Waals surface area contributed by atoms with Gasteiger partial charge in [0.15, 0.2) is 5.78 Å². The largest absolute Gasteiger partial charge is 0.371 e. The molecule has 0 aliphatic carbocycles. The van der Waals surface area contributed by atoms with Crippen molar-refractivity contribution in [1.29, 1.82) is 0 Å². The summed E-state index contributed by atoms with van der Waals surface area (Å²) in [6.07, 6.45) is 0. The zero-order valence-corrected chi connectivity index (χ0v) is 12.8. The van der Waals surface area contributed by atoms with Crippen molar-refractivity contribution in [2.75, 3.05) is 5.32 Å². The van der Waals surface area contributed by atoms with Crippen LogP contribution in [-0.4, -0.2) is 10.2 Å². The van der Waals surface area contributed by atoms with Gasteiger partial charge in [-0.2, -0.15) is 4.37 Å². The van der Waals surface area contributed by atoms with Gasteiger partial charge in [0.1, 0.15) is 10.8 Å². The van der Waals surface area contributed by atoms with Gasteiger partial charge in [0.2, 0.25) is 0 Å². The molecule has 0 aliphatic rings. The minimum atomic E-state index is -0.160. The van der Waals surface area contributed by atoms with E-state index in [9.17, 15) is 9.18 Å². The van der Waals surface area contributed by atoms with Gasteiger partial charge in [-0.1, -0.05) is 12.1 Å². The molecule has 20 heavy (non-hydrogen) atoms. The molecule has 106 valence electrons. The monoisotopic (exact) mass is 292 g/mol. The molecule has 3 nitrogen and oxygen atoms in total. The molecule has 0 atom stereocenters. The summed E-state index contributed by atoms with van der Waals surface area (Å²) in [6.45, 7) is 7.41. The molecule has 1 N–H and O–H groups in total. The van der Waals surface area contributed by atoms with Gasteiger partial charge < -0.3 is 5.32 Å². The van der Waals surface area contributed by atoms with Crippen LogP contribution in [0.1, 0.15) is 39.7 Å². The SMILES string of the molecule is CC(=O)c1c(C)nsc1NCc1cc(C)c(F)c(C)c1. The first kappa shape index (κ1) is 14.7. The first-order valence-electron chi connectivity index (χ1n) is 6.37.